The number of aromatic nitrogens is 1. The molecule has 2 amide bonds. The number of rotatable bonds is 4. The lowest BCUT2D eigenvalue weighted by atomic mass is 10.2. The number of hydrogen-bond donors (Lipinski definition) is 1. The normalized spacial score (nSPS) is 15.2. The molecular weight excluding hydrogens is 336 g/mol. The minimum Gasteiger partial charge on any atom is -0.342 e. The second-order valence-corrected chi connectivity index (χ2v) is 7.17. The smallest absolute Gasteiger partial charge is 0.263 e. The molecule has 25 heavy (non-hydrogen) atoms. The Bertz CT molecular complexity index is 752. The Morgan fingerprint density at radius 3 is 2.52 bits per heavy atom. The first kappa shape index (κ1) is 17.6. The van der Waals surface area contributed by atoms with Crippen molar-refractivity contribution >= 4 is 23.2 Å². The fraction of sp³-hybridized carbons (Fsp3) is 0.389. The molecule has 1 fully saturated rings. The third-order valence-electron chi connectivity index (χ3n) is 4.28. The number of likely N-dealkylation sites (N-methyl/N-ethyl adjacent to an activating group) is 1. The van der Waals surface area contributed by atoms with Crippen LogP contribution in [0.3, 0.4) is 0 Å². The maximum Gasteiger partial charge on any atom is 0.263 e. The van der Waals surface area contributed by atoms with Gasteiger partial charge in [-0.2, -0.15) is 0 Å². The van der Waals surface area contributed by atoms with E-state index in [0.717, 1.165) is 23.7 Å². The summed E-state index contributed by atoms with van der Waals surface area (Å²) >= 11 is 1.35. The van der Waals surface area contributed by atoms with Crippen LogP contribution in [0, 0.1) is 6.92 Å². The van der Waals surface area contributed by atoms with E-state index in [1.54, 1.807) is 4.90 Å². The van der Waals surface area contributed by atoms with Gasteiger partial charge in [-0.15, -0.1) is 11.3 Å². The van der Waals surface area contributed by atoms with E-state index < -0.39 is 0 Å². The second kappa shape index (κ2) is 7.76. The molecule has 1 aliphatic rings. The largest absolute Gasteiger partial charge is 0.342 e. The molecule has 1 N–H and O–H groups in total. The molecular formula is C18H22N4O2S. The monoisotopic (exact) mass is 358 g/mol. The summed E-state index contributed by atoms with van der Waals surface area (Å²) in [6.45, 7) is 5.01. The fourth-order valence-corrected chi connectivity index (χ4v) is 3.70. The Labute approximate surface area is 151 Å². The molecule has 0 unspecified atom stereocenters. The fourth-order valence-electron chi connectivity index (χ4n) is 2.72. The molecule has 3 rings (SSSR count). The van der Waals surface area contributed by atoms with E-state index in [9.17, 15) is 9.59 Å². The van der Waals surface area contributed by atoms with Gasteiger partial charge in [0.1, 0.15) is 9.88 Å². The van der Waals surface area contributed by atoms with Crippen LogP contribution >= 0.6 is 11.3 Å². The summed E-state index contributed by atoms with van der Waals surface area (Å²) in [5, 5.41) is 3.55. The van der Waals surface area contributed by atoms with Gasteiger partial charge in [-0.25, -0.2) is 4.98 Å². The SMILES string of the molecule is Cc1nc(-c2ccccc2)sc1C(=O)NCC(=O)N1CCN(C)CC1. The van der Waals surface area contributed by atoms with Crippen molar-refractivity contribution in [2.45, 2.75) is 6.92 Å². The molecule has 0 aliphatic carbocycles. The van der Waals surface area contributed by atoms with Crippen molar-refractivity contribution in [3.63, 3.8) is 0 Å². The van der Waals surface area contributed by atoms with Gasteiger partial charge in [0, 0.05) is 31.7 Å². The lowest BCUT2D eigenvalue weighted by Gasteiger charge is -2.32. The van der Waals surface area contributed by atoms with Crippen molar-refractivity contribution in [1.29, 1.82) is 0 Å². The number of nitrogens with one attached hydrogen (secondary N) is 1. The number of nitrogens with zero attached hydrogens (tertiary/aromatic N) is 3. The van der Waals surface area contributed by atoms with Gasteiger partial charge in [0.2, 0.25) is 5.91 Å². The van der Waals surface area contributed by atoms with E-state index >= 15 is 0 Å². The van der Waals surface area contributed by atoms with Crippen molar-refractivity contribution in [2.75, 3.05) is 39.8 Å². The number of aryl methyl sites for hydroxylation is 1. The van der Waals surface area contributed by atoms with E-state index in [4.69, 9.17) is 0 Å². The summed E-state index contributed by atoms with van der Waals surface area (Å²) in [5.41, 5.74) is 1.68. The van der Waals surface area contributed by atoms with Gasteiger partial charge in [0.15, 0.2) is 0 Å². The third-order valence-corrected chi connectivity index (χ3v) is 5.48. The molecule has 0 saturated carbocycles. The summed E-state index contributed by atoms with van der Waals surface area (Å²) in [6, 6.07) is 9.77. The Kier molecular flexibility index (Phi) is 5.45. The van der Waals surface area contributed by atoms with Gasteiger partial charge in [-0.1, -0.05) is 30.3 Å². The zero-order valence-corrected chi connectivity index (χ0v) is 15.3. The second-order valence-electron chi connectivity index (χ2n) is 6.17. The highest BCUT2D eigenvalue weighted by molar-refractivity contribution is 7.17. The molecule has 2 heterocycles. The molecule has 132 valence electrons. The van der Waals surface area contributed by atoms with Crippen LogP contribution in [0.25, 0.3) is 10.6 Å². The highest BCUT2D eigenvalue weighted by Crippen LogP contribution is 2.27. The minimum absolute atomic E-state index is 0.0283. The lowest BCUT2D eigenvalue weighted by molar-refractivity contribution is -0.131. The number of piperazine rings is 1. The third kappa shape index (κ3) is 4.24. The van der Waals surface area contributed by atoms with E-state index in [0.29, 0.717) is 23.7 Å². The average Bonchev–Trinajstić information content (AvgIpc) is 3.02. The van der Waals surface area contributed by atoms with Crippen molar-refractivity contribution < 1.29 is 9.59 Å². The van der Waals surface area contributed by atoms with Crippen LogP contribution in [0.4, 0.5) is 0 Å². The maximum absolute atomic E-state index is 12.4. The molecule has 0 spiro atoms. The summed E-state index contributed by atoms with van der Waals surface area (Å²) in [6.07, 6.45) is 0. The van der Waals surface area contributed by atoms with Crippen LogP contribution in [0.5, 0.6) is 0 Å². The predicted octanol–water partition coefficient (Wildman–Crippen LogP) is 1.62. The minimum atomic E-state index is -0.236. The zero-order valence-electron chi connectivity index (χ0n) is 14.5. The van der Waals surface area contributed by atoms with Gasteiger partial charge < -0.3 is 15.1 Å². The van der Waals surface area contributed by atoms with Gasteiger partial charge in [0.05, 0.1) is 12.2 Å². The summed E-state index contributed by atoms with van der Waals surface area (Å²) in [5.74, 6) is -0.272. The van der Waals surface area contributed by atoms with Crippen molar-refractivity contribution in [1.82, 2.24) is 20.1 Å². The van der Waals surface area contributed by atoms with Gasteiger partial charge in [-0.05, 0) is 14.0 Å². The standard InChI is InChI=1S/C18H22N4O2S/c1-13-16(25-18(20-13)14-6-4-3-5-7-14)17(24)19-12-15(23)22-10-8-21(2)9-11-22/h3-7H,8-12H2,1-2H3,(H,19,24). The van der Waals surface area contributed by atoms with Crippen molar-refractivity contribution in [2.24, 2.45) is 0 Å². The molecule has 1 aromatic heterocycles. The molecule has 2 aromatic rings. The van der Waals surface area contributed by atoms with Gasteiger partial charge >= 0.3 is 0 Å². The predicted molar refractivity (Wildman–Crippen MR) is 98.7 cm³/mol. The summed E-state index contributed by atoms with van der Waals surface area (Å²) < 4.78 is 0. The average molecular weight is 358 g/mol. The first-order valence-electron chi connectivity index (χ1n) is 8.32. The Morgan fingerprint density at radius 2 is 1.84 bits per heavy atom. The first-order valence-corrected chi connectivity index (χ1v) is 9.13. The lowest BCUT2D eigenvalue weighted by Crippen LogP contribution is -2.50. The van der Waals surface area contributed by atoms with Crippen molar-refractivity contribution in [3.8, 4) is 10.6 Å². The number of thiazole rings is 1. The molecule has 6 nitrogen and oxygen atoms in total. The molecule has 1 aliphatic heterocycles. The summed E-state index contributed by atoms with van der Waals surface area (Å²) in [4.78, 5) is 33.7. The zero-order chi connectivity index (χ0) is 17.8. The number of carbonyl (C=O) groups excluding carboxylic acids is 2. The summed E-state index contributed by atoms with van der Waals surface area (Å²) in [7, 11) is 2.04. The van der Waals surface area contributed by atoms with E-state index in [-0.39, 0.29) is 18.4 Å². The molecule has 0 atom stereocenters. The number of hydrogen-bond acceptors (Lipinski definition) is 5. The topological polar surface area (TPSA) is 65.5 Å². The molecule has 1 saturated heterocycles. The maximum atomic E-state index is 12.4. The molecule has 0 radical (unpaired) electrons. The van der Waals surface area contributed by atoms with Crippen LogP contribution in [-0.2, 0) is 4.79 Å². The van der Waals surface area contributed by atoms with Gasteiger partial charge in [0.25, 0.3) is 5.91 Å². The first-order chi connectivity index (χ1) is 12.0. The van der Waals surface area contributed by atoms with Crippen LogP contribution in [0.15, 0.2) is 30.3 Å². The Hall–Kier alpha value is -2.25. The molecule has 7 heteroatoms. The number of carbonyl (C=O) groups is 2. The van der Waals surface area contributed by atoms with Crippen molar-refractivity contribution in [3.05, 3.63) is 40.9 Å². The van der Waals surface area contributed by atoms with Crippen LogP contribution in [-0.4, -0.2) is 66.4 Å². The molecule has 1 aromatic carbocycles. The van der Waals surface area contributed by atoms with Gasteiger partial charge in [-0.3, -0.25) is 9.59 Å². The highest BCUT2D eigenvalue weighted by atomic mass is 32.1. The van der Waals surface area contributed by atoms with Crippen LogP contribution in [0.2, 0.25) is 0 Å². The Morgan fingerprint density at radius 1 is 1.16 bits per heavy atom. The number of benzene rings is 1. The van der Waals surface area contributed by atoms with Crippen LogP contribution < -0.4 is 5.32 Å². The Balaban J connectivity index is 1.60. The quantitative estimate of drug-likeness (QED) is 0.902. The van der Waals surface area contributed by atoms with Crippen LogP contribution in [0.1, 0.15) is 15.4 Å². The highest BCUT2D eigenvalue weighted by Gasteiger charge is 2.21. The number of amides is 2. The van der Waals surface area contributed by atoms with E-state index in [1.165, 1.54) is 11.3 Å². The van der Waals surface area contributed by atoms with E-state index in [1.807, 2.05) is 44.3 Å². The van der Waals surface area contributed by atoms with E-state index in [2.05, 4.69) is 15.2 Å². The molecule has 0 bridgehead atoms.